The summed E-state index contributed by atoms with van der Waals surface area (Å²) < 4.78 is 7.13. The number of nitrogens with zero attached hydrogens (tertiary/aromatic N) is 3. The smallest absolute Gasteiger partial charge is 0.135 e. The van der Waals surface area contributed by atoms with Crippen LogP contribution < -0.4 is 21.5 Å². The zero-order valence-corrected chi connectivity index (χ0v) is 21.4. The van der Waals surface area contributed by atoms with Crippen LogP contribution in [0.3, 0.4) is 0 Å². The molecule has 7 nitrogen and oxygen atoms in total. The van der Waals surface area contributed by atoms with E-state index in [0.29, 0.717) is 32.9 Å². The van der Waals surface area contributed by atoms with Gasteiger partial charge in [0.25, 0.3) is 0 Å². The fourth-order valence-corrected chi connectivity index (χ4v) is 5.06. The van der Waals surface area contributed by atoms with E-state index in [1.165, 1.54) is 0 Å². The van der Waals surface area contributed by atoms with Gasteiger partial charge in [-0.2, -0.15) is 5.10 Å². The molecule has 9 heteroatoms. The molecule has 4 aromatic rings. The molecule has 0 spiro atoms. The molecule has 0 atom stereocenters. The number of fused-ring (bicyclic) bond motifs is 1. The average molecular weight is 523 g/mol. The van der Waals surface area contributed by atoms with Gasteiger partial charge in [0.1, 0.15) is 11.6 Å². The Bertz CT molecular complexity index is 1430. The molecular weight excluding hydrogens is 495 g/mol. The Morgan fingerprint density at radius 1 is 1.08 bits per heavy atom. The van der Waals surface area contributed by atoms with E-state index in [9.17, 15) is 0 Å². The van der Waals surface area contributed by atoms with Crippen molar-refractivity contribution in [1.82, 2.24) is 9.61 Å². The number of methoxy groups -OCH3 is 1. The molecule has 0 bridgehead atoms. The summed E-state index contributed by atoms with van der Waals surface area (Å²) in [7, 11) is 1.62. The van der Waals surface area contributed by atoms with Crippen molar-refractivity contribution in [2.24, 2.45) is 16.5 Å². The molecule has 1 aliphatic carbocycles. The molecule has 5 rings (SSSR count). The highest BCUT2D eigenvalue weighted by atomic mass is 35.5. The molecule has 186 valence electrons. The molecule has 2 heterocycles. The number of aliphatic imine (C=N–C) groups is 1. The van der Waals surface area contributed by atoms with Crippen LogP contribution >= 0.6 is 23.2 Å². The first kappa shape index (κ1) is 24.4. The van der Waals surface area contributed by atoms with E-state index in [1.54, 1.807) is 25.4 Å². The number of halogens is 2. The summed E-state index contributed by atoms with van der Waals surface area (Å²) in [6.07, 6.45) is 7.61. The first-order valence-electron chi connectivity index (χ1n) is 11.9. The average Bonchev–Trinajstić information content (AvgIpc) is 3.31. The lowest BCUT2D eigenvalue weighted by Crippen LogP contribution is -2.33. The fraction of sp³-hybridized carbons (Fsp3) is 0.259. The topological polar surface area (TPSA) is 103 Å². The number of para-hydroxylation sites is 1. The van der Waals surface area contributed by atoms with Gasteiger partial charge >= 0.3 is 0 Å². The highest BCUT2D eigenvalue weighted by Gasteiger charge is 2.22. The minimum absolute atomic E-state index is 0.254. The van der Waals surface area contributed by atoms with Crippen LogP contribution in [0.5, 0.6) is 5.75 Å². The Labute approximate surface area is 220 Å². The van der Waals surface area contributed by atoms with Crippen LogP contribution in [0, 0.1) is 0 Å². The van der Waals surface area contributed by atoms with Crippen LogP contribution in [0.1, 0.15) is 31.2 Å². The lowest BCUT2D eigenvalue weighted by molar-refractivity contribution is 0.411. The number of benzene rings is 2. The van der Waals surface area contributed by atoms with Crippen LogP contribution in [0.15, 0.2) is 65.9 Å². The van der Waals surface area contributed by atoms with Gasteiger partial charge in [-0.25, -0.2) is 9.51 Å². The zero-order valence-electron chi connectivity index (χ0n) is 19.9. The normalized spacial score (nSPS) is 18.4. The Morgan fingerprint density at radius 2 is 1.86 bits per heavy atom. The van der Waals surface area contributed by atoms with Crippen molar-refractivity contribution in [2.75, 3.05) is 12.4 Å². The lowest BCUT2D eigenvalue weighted by Gasteiger charge is -2.28. The monoisotopic (exact) mass is 522 g/mol. The van der Waals surface area contributed by atoms with Crippen LogP contribution in [0.2, 0.25) is 10.0 Å². The quantitative estimate of drug-likeness (QED) is 0.211. The van der Waals surface area contributed by atoms with Crippen molar-refractivity contribution in [1.29, 1.82) is 0 Å². The minimum Gasteiger partial charge on any atom is -0.497 e. The predicted octanol–water partition coefficient (Wildman–Crippen LogP) is 6.04. The van der Waals surface area contributed by atoms with E-state index >= 15 is 0 Å². The summed E-state index contributed by atoms with van der Waals surface area (Å²) >= 11 is 12.9. The molecule has 0 aliphatic heterocycles. The molecule has 1 saturated carbocycles. The van der Waals surface area contributed by atoms with Gasteiger partial charge in [0.15, 0.2) is 0 Å². The lowest BCUT2D eigenvalue weighted by atomic mass is 9.91. The maximum absolute atomic E-state index is 6.58. The SMILES string of the molecule is COc1ccc(-c2cc3c(NC4CCC(N)CC4)c(C(N)=Nc4ccccc4Cl)cnn3c2)c(Cl)c1. The Balaban J connectivity index is 1.61. The van der Waals surface area contributed by atoms with Crippen LogP contribution in [0.25, 0.3) is 16.6 Å². The Hall–Kier alpha value is -3.26. The van der Waals surface area contributed by atoms with Gasteiger partial charge in [-0.3, -0.25) is 0 Å². The first-order valence-corrected chi connectivity index (χ1v) is 12.6. The van der Waals surface area contributed by atoms with E-state index in [0.717, 1.165) is 48.0 Å². The maximum atomic E-state index is 6.58. The number of amidine groups is 1. The Morgan fingerprint density at radius 3 is 2.58 bits per heavy atom. The second-order valence-electron chi connectivity index (χ2n) is 9.04. The second kappa shape index (κ2) is 10.4. The van der Waals surface area contributed by atoms with E-state index in [2.05, 4.69) is 21.5 Å². The molecule has 0 radical (unpaired) electrons. The summed E-state index contributed by atoms with van der Waals surface area (Å²) in [5.41, 5.74) is 17.6. The van der Waals surface area contributed by atoms with Crippen molar-refractivity contribution in [3.05, 3.63) is 76.5 Å². The van der Waals surface area contributed by atoms with Gasteiger partial charge in [-0.05, 0) is 62.1 Å². The molecule has 5 N–H and O–H groups in total. The van der Waals surface area contributed by atoms with Gasteiger partial charge in [-0.15, -0.1) is 0 Å². The fourth-order valence-electron chi connectivity index (χ4n) is 4.61. The molecule has 0 amide bonds. The van der Waals surface area contributed by atoms with Gasteiger partial charge < -0.3 is 21.5 Å². The summed E-state index contributed by atoms with van der Waals surface area (Å²) in [6, 6.07) is 15.6. The van der Waals surface area contributed by atoms with Crippen LogP contribution in [0.4, 0.5) is 11.4 Å². The standard InChI is InChI=1S/C27H28Cl2N6O/c1-36-19-10-11-20(23(29)13-19)16-12-25-26(33-18-8-6-17(30)7-9-18)21(14-32-35(25)15-16)27(31)34-24-5-3-2-4-22(24)28/h2-5,10-15,17-18,33H,6-9,30H2,1H3,(H2,31,34). The van der Waals surface area contributed by atoms with Crippen molar-refractivity contribution in [3.8, 4) is 16.9 Å². The highest BCUT2D eigenvalue weighted by molar-refractivity contribution is 6.33. The number of ether oxygens (including phenoxy) is 1. The van der Waals surface area contributed by atoms with Crippen molar-refractivity contribution >= 4 is 45.9 Å². The molecular formula is C27H28Cl2N6O. The van der Waals surface area contributed by atoms with Gasteiger partial charge in [0, 0.05) is 29.4 Å². The summed E-state index contributed by atoms with van der Waals surface area (Å²) in [4.78, 5) is 4.62. The molecule has 1 aliphatic rings. The van der Waals surface area contributed by atoms with E-state index in [1.807, 2.05) is 41.0 Å². The number of hydrogen-bond acceptors (Lipinski definition) is 5. The van der Waals surface area contributed by atoms with Crippen molar-refractivity contribution < 1.29 is 4.74 Å². The number of hydrogen-bond donors (Lipinski definition) is 3. The number of anilines is 1. The third-order valence-electron chi connectivity index (χ3n) is 6.61. The van der Waals surface area contributed by atoms with E-state index in [4.69, 9.17) is 39.4 Å². The number of nitrogens with two attached hydrogens (primary N) is 2. The molecule has 0 unspecified atom stereocenters. The molecule has 1 fully saturated rings. The summed E-state index contributed by atoms with van der Waals surface area (Å²) in [5.74, 6) is 1.03. The number of rotatable bonds is 6. The second-order valence-corrected chi connectivity index (χ2v) is 9.86. The zero-order chi connectivity index (χ0) is 25.2. The van der Waals surface area contributed by atoms with Gasteiger partial charge in [-0.1, -0.05) is 35.3 Å². The summed E-state index contributed by atoms with van der Waals surface area (Å²) in [6.45, 7) is 0. The van der Waals surface area contributed by atoms with Crippen molar-refractivity contribution in [3.63, 3.8) is 0 Å². The molecule has 36 heavy (non-hydrogen) atoms. The van der Waals surface area contributed by atoms with E-state index < -0.39 is 0 Å². The number of nitrogens with one attached hydrogen (secondary N) is 1. The summed E-state index contributed by atoms with van der Waals surface area (Å²) in [5, 5.41) is 9.50. The third kappa shape index (κ3) is 5.00. The van der Waals surface area contributed by atoms with Crippen LogP contribution in [-0.4, -0.2) is 34.6 Å². The van der Waals surface area contributed by atoms with Crippen LogP contribution in [-0.2, 0) is 0 Å². The molecule has 2 aromatic carbocycles. The van der Waals surface area contributed by atoms with Crippen molar-refractivity contribution in [2.45, 2.75) is 37.8 Å². The highest BCUT2D eigenvalue weighted by Crippen LogP contribution is 2.35. The predicted molar refractivity (Wildman–Crippen MR) is 148 cm³/mol. The maximum Gasteiger partial charge on any atom is 0.135 e. The number of aromatic nitrogens is 2. The van der Waals surface area contributed by atoms with E-state index in [-0.39, 0.29) is 12.1 Å². The van der Waals surface area contributed by atoms with Gasteiger partial charge in [0.2, 0.25) is 0 Å². The molecule has 2 aromatic heterocycles. The molecule has 0 saturated heterocycles. The minimum atomic E-state index is 0.254. The van der Waals surface area contributed by atoms with Gasteiger partial charge in [0.05, 0.1) is 45.8 Å². The largest absolute Gasteiger partial charge is 0.497 e. The Kier molecular flexibility index (Phi) is 7.05. The first-order chi connectivity index (χ1) is 17.4. The third-order valence-corrected chi connectivity index (χ3v) is 7.25.